The molecule has 3 N–H and O–H groups in total. The number of Topliss-reactive ketones (excluding diaryl/α,β-unsaturated/α-hetero) is 1. The van der Waals surface area contributed by atoms with Gasteiger partial charge in [-0.25, -0.2) is 0 Å². The molecule has 0 aromatic rings. The van der Waals surface area contributed by atoms with E-state index in [-0.39, 0.29) is 25.0 Å². The summed E-state index contributed by atoms with van der Waals surface area (Å²) in [6, 6.07) is 0. The normalized spacial score (nSPS) is 25.3. The van der Waals surface area contributed by atoms with Crippen molar-refractivity contribution in [1.29, 1.82) is 0 Å². The van der Waals surface area contributed by atoms with Crippen molar-refractivity contribution >= 4 is 24.0 Å². The Kier molecular flexibility index (Phi) is 7.88. The summed E-state index contributed by atoms with van der Waals surface area (Å²) in [4.78, 5) is 44.1. The molecule has 7 nitrogen and oxygen atoms in total. The highest BCUT2D eigenvalue weighted by atomic mass is 16.4. The van der Waals surface area contributed by atoms with Gasteiger partial charge in [0.05, 0.1) is 6.10 Å². The van der Waals surface area contributed by atoms with Gasteiger partial charge in [-0.15, -0.1) is 0 Å². The van der Waals surface area contributed by atoms with Crippen LogP contribution >= 0.6 is 0 Å². The maximum absolute atomic E-state index is 12.0. The fourth-order valence-corrected chi connectivity index (χ4v) is 3.21. The summed E-state index contributed by atoms with van der Waals surface area (Å²) in [5, 5.41) is 27.5. The zero-order valence-electron chi connectivity index (χ0n) is 13.0. The van der Waals surface area contributed by atoms with Crippen LogP contribution in [0.15, 0.2) is 0 Å². The van der Waals surface area contributed by atoms with Gasteiger partial charge in [0.1, 0.15) is 18.0 Å². The van der Waals surface area contributed by atoms with Crippen LogP contribution in [0.25, 0.3) is 0 Å². The molecule has 1 saturated carbocycles. The van der Waals surface area contributed by atoms with Gasteiger partial charge in [-0.1, -0.05) is 19.3 Å². The number of carboxylic acids is 2. The predicted molar refractivity (Wildman–Crippen MR) is 79.8 cm³/mol. The Bertz CT molecular complexity index is 446. The van der Waals surface area contributed by atoms with Gasteiger partial charge in [-0.2, -0.15) is 0 Å². The number of aliphatic hydroxyl groups is 1. The van der Waals surface area contributed by atoms with Crippen molar-refractivity contribution < 1.29 is 34.5 Å². The molecule has 0 amide bonds. The minimum atomic E-state index is -1.24. The molecular weight excluding hydrogens is 304 g/mol. The van der Waals surface area contributed by atoms with E-state index >= 15 is 0 Å². The van der Waals surface area contributed by atoms with Crippen LogP contribution in [0.1, 0.15) is 51.4 Å². The van der Waals surface area contributed by atoms with Crippen LogP contribution in [-0.4, -0.2) is 45.4 Å². The minimum absolute atomic E-state index is 0.0134. The lowest BCUT2D eigenvalue weighted by Gasteiger charge is -2.22. The van der Waals surface area contributed by atoms with Gasteiger partial charge in [0.15, 0.2) is 0 Å². The number of carbonyl (C=O) groups is 4. The van der Waals surface area contributed by atoms with E-state index in [1.165, 1.54) is 0 Å². The first-order chi connectivity index (χ1) is 10.9. The predicted octanol–water partition coefficient (Wildman–Crippen LogP) is 1.27. The van der Waals surface area contributed by atoms with Crippen LogP contribution in [0, 0.1) is 17.8 Å². The zero-order valence-corrected chi connectivity index (χ0v) is 13.0. The van der Waals surface area contributed by atoms with Crippen LogP contribution < -0.4 is 0 Å². The van der Waals surface area contributed by atoms with Crippen molar-refractivity contribution in [3.63, 3.8) is 0 Å². The summed E-state index contributed by atoms with van der Waals surface area (Å²) in [5.41, 5.74) is 0. The van der Waals surface area contributed by atoms with Crippen LogP contribution in [0.4, 0.5) is 0 Å². The summed E-state index contributed by atoms with van der Waals surface area (Å²) in [5.74, 6) is -4.24. The molecule has 1 aliphatic rings. The average Bonchev–Trinajstić information content (AvgIpc) is 2.73. The lowest BCUT2D eigenvalue weighted by molar-refractivity contribution is -0.145. The third-order valence-electron chi connectivity index (χ3n) is 4.50. The van der Waals surface area contributed by atoms with Gasteiger partial charge in [0.25, 0.3) is 0 Å². The van der Waals surface area contributed by atoms with Gasteiger partial charge in [0, 0.05) is 18.8 Å². The third kappa shape index (κ3) is 6.09. The Morgan fingerprint density at radius 3 is 2.39 bits per heavy atom. The third-order valence-corrected chi connectivity index (χ3v) is 4.50. The van der Waals surface area contributed by atoms with E-state index in [0.29, 0.717) is 19.1 Å². The number of carbonyl (C=O) groups excluding carboxylic acids is 2. The van der Waals surface area contributed by atoms with Crippen molar-refractivity contribution in [1.82, 2.24) is 0 Å². The van der Waals surface area contributed by atoms with Crippen molar-refractivity contribution in [2.45, 2.75) is 57.5 Å². The Morgan fingerprint density at radius 2 is 1.83 bits per heavy atom. The highest BCUT2D eigenvalue weighted by molar-refractivity contribution is 5.87. The van der Waals surface area contributed by atoms with E-state index in [4.69, 9.17) is 10.2 Å². The van der Waals surface area contributed by atoms with E-state index < -0.39 is 35.8 Å². The molecule has 7 heteroatoms. The number of carboxylic acid groups (broad SMARTS) is 2. The average molecular weight is 328 g/mol. The van der Waals surface area contributed by atoms with E-state index in [0.717, 1.165) is 19.3 Å². The Hall–Kier alpha value is -1.76. The van der Waals surface area contributed by atoms with Gasteiger partial charge in [0.2, 0.25) is 0 Å². The van der Waals surface area contributed by atoms with E-state index in [2.05, 4.69) is 0 Å². The Balaban J connectivity index is 2.46. The first-order valence-corrected chi connectivity index (χ1v) is 7.97. The molecule has 23 heavy (non-hydrogen) atoms. The number of aldehydes is 1. The smallest absolute Gasteiger partial charge is 0.313 e. The second-order valence-electron chi connectivity index (χ2n) is 6.17. The molecule has 1 fully saturated rings. The number of aliphatic carboxylic acids is 2. The number of aliphatic hydroxyl groups excluding tert-OH is 1. The molecule has 0 saturated heterocycles. The molecule has 1 unspecified atom stereocenters. The summed E-state index contributed by atoms with van der Waals surface area (Å²) in [7, 11) is 0. The quantitative estimate of drug-likeness (QED) is 0.296. The van der Waals surface area contributed by atoms with Crippen LogP contribution in [0.2, 0.25) is 0 Å². The molecule has 0 radical (unpaired) electrons. The van der Waals surface area contributed by atoms with Crippen LogP contribution in [-0.2, 0) is 19.2 Å². The number of ketones is 1. The second kappa shape index (κ2) is 9.39. The van der Waals surface area contributed by atoms with E-state index in [1.807, 2.05) is 0 Å². The van der Waals surface area contributed by atoms with Gasteiger partial charge >= 0.3 is 11.9 Å². The first kappa shape index (κ1) is 19.3. The molecule has 0 aromatic heterocycles. The van der Waals surface area contributed by atoms with E-state index in [9.17, 15) is 24.3 Å². The number of rotatable bonds is 11. The molecule has 4 atom stereocenters. The Labute approximate surface area is 134 Å². The molecule has 1 rings (SSSR count). The van der Waals surface area contributed by atoms with Crippen molar-refractivity contribution in [3.05, 3.63) is 0 Å². The molecule has 1 aliphatic carbocycles. The summed E-state index contributed by atoms with van der Waals surface area (Å²) in [6.07, 6.45) is 2.98. The molecule has 0 spiro atoms. The lowest BCUT2D eigenvalue weighted by atomic mass is 9.83. The number of hydrogen-bond donors (Lipinski definition) is 3. The van der Waals surface area contributed by atoms with Crippen LogP contribution in [0.5, 0.6) is 0 Å². The molecule has 130 valence electrons. The van der Waals surface area contributed by atoms with Gasteiger partial charge < -0.3 is 20.1 Å². The standard InChI is InChI=1S/C16H24O7/c17-9-10(16(22)23)7-12-11(13(18)8-14(12)19)5-3-1-2-4-6-15(20)21/h9-12,14,19H,1-8H2,(H,20,21)(H,22,23)/t10?,11-,12-,14-/m1/s1. The fourth-order valence-electron chi connectivity index (χ4n) is 3.21. The number of unbranched alkanes of at least 4 members (excludes halogenated alkanes) is 3. The monoisotopic (exact) mass is 328 g/mol. The molecule has 0 aromatic carbocycles. The SMILES string of the molecule is O=CC(C[C@H]1[C@H](O)CC(=O)[C@@H]1CCCCCCC(=O)O)C(=O)O. The van der Waals surface area contributed by atoms with Crippen LogP contribution in [0.3, 0.4) is 0 Å². The highest BCUT2D eigenvalue weighted by Gasteiger charge is 2.42. The second-order valence-corrected chi connectivity index (χ2v) is 6.17. The maximum atomic E-state index is 12.0. The first-order valence-electron chi connectivity index (χ1n) is 7.97. The Morgan fingerprint density at radius 1 is 1.17 bits per heavy atom. The summed E-state index contributed by atoms with van der Waals surface area (Å²) >= 11 is 0. The van der Waals surface area contributed by atoms with Crippen molar-refractivity contribution in [3.8, 4) is 0 Å². The highest BCUT2D eigenvalue weighted by Crippen LogP contribution is 2.37. The lowest BCUT2D eigenvalue weighted by Crippen LogP contribution is -2.27. The molecular formula is C16H24O7. The zero-order chi connectivity index (χ0) is 17.4. The van der Waals surface area contributed by atoms with Gasteiger partial charge in [-0.05, 0) is 25.2 Å². The topological polar surface area (TPSA) is 129 Å². The van der Waals surface area contributed by atoms with Crippen molar-refractivity contribution in [2.75, 3.05) is 0 Å². The van der Waals surface area contributed by atoms with Crippen molar-refractivity contribution in [2.24, 2.45) is 17.8 Å². The van der Waals surface area contributed by atoms with Gasteiger partial charge in [-0.3, -0.25) is 14.4 Å². The molecule has 0 bridgehead atoms. The largest absolute Gasteiger partial charge is 0.481 e. The van der Waals surface area contributed by atoms with E-state index in [1.54, 1.807) is 0 Å². The summed E-state index contributed by atoms with van der Waals surface area (Å²) < 4.78 is 0. The summed E-state index contributed by atoms with van der Waals surface area (Å²) in [6.45, 7) is 0. The molecule has 0 heterocycles. The maximum Gasteiger partial charge on any atom is 0.313 e. The molecule has 0 aliphatic heterocycles. The number of hydrogen-bond acceptors (Lipinski definition) is 5. The minimum Gasteiger partial charge on any atom is -0.481 e. The fraction of sp³-hybridized carbons (Fsp3) is 0.750.